The molecule has 0 aliphatic carbocycles. The number of fused-ring (bicyclic) bond motifs is 5. The number of benzene rings is 10. The monoisotopic (exact) mass is 738 g/mol. The molecule has 11 rings (SSSR count). The molecule has 1 heterocycles. The molecule has 0 saturated heterocycles. The third-order valence-corrected chi connectivity index (χ3v) is 11.6. The predicted molar refractivity (Wildman–Crippen MR) is 247 cm³/mol. The molecule has 0 fully saturated rings. The summed E-state index contributed by atoms with van der Waals surface area (Å²) >= 11 is 0. The van der Waals surface area contributed by atoms with Crippen LogP contribution in [0.3, 0.4) is 0 Å². The zero-order valence-corrected chi connectivity index (χ0v) is 31.8. The SMILES string of the molecule is c1cc(-c2ccc(N(c3ccc(-c4ccc5ccccc5c4)cc3)c3ccc(-n4c5ccccc5c5ccccc54)cc3)cc2)cc(-c2ccc3ccccc3c2)c1. The molecular weight excluding hydrogens is 701 g/mol. The number of anilines is 3. The van der Waals surface area contributed by atoms with Gasteiger partial charge in [-0.1, -0.05) is 152 Å². The van der Waals surface area contributed by atoms with Crippen molar-refractivity contribution in [3.05, 3.63) is 231 Å². The van der Waals surface area contributed by atoms with Gasteiger partial charge in [0.05, 0.1) is 11.0 Å². The van der Waals surface area contributed by atoms with Crippen molar-refractivity contribution in [2.45, 2.75) is 0 Å². The van der Waals surface area contributed by atoms with Crippen molar-refractivity contribution in [1.29, 1.82) is 0 Å². The fraction of sp³-hybridized carbons (Fsp3) is 0. The Morgan fingerprint density at radius 1 is 0.259 bits per heavy atom. The smallest absolute Gasteiger partial charge is 0.0541 e. The molecule has 0 N–H and O–H groups in total. The van der Waals surface area contributed by atoms with Crippen LogP contribution in [0.1, 0.15) is 0 Å². The van der Waals surface area contributed by atoms with Crippen molar-refractivity contribution in [2.24, 2.45) is 0 Å². The largest absolute Gasteiger partial charge is 0.311 e. The number of hydrogen-bond acceptors (Lipinski definition) is 1. The molecule has 0 atom stereocenters. The molecule has 0 spiro atoms. The number of hydrogen-bond donors (Lipinski definition) is 0. The third kappa shape index (κ3) is 6.00. The maximum Gasteiger partial charge on any atom is 0.0541 e. The van der Waals surface area contributed by atoms with E-state index in [4.69, 9.17) is 0 Å². The second-order valence-electron chi connectivity index (χ2n) is 15.0. The van der Waals surface area contributed by atoms with Crippen LogP contribution in [0.2, 0.25) is 0 Å². The van der Waals surface area contributed by atoms with Crippen LogP contribution in [0.4, 0.5) is 17.1 Å². The zero-order valence-electron chi connectivity index (χ0n) is 31.8. The highest BCUT2D eigenvalue weighted by atomic mass is 15.1. The number of nitrogens with zero attached hydrogens (tertiary/aromatic N) is 2. The van der Waals surface area contributed by atoms with Gasteiger partial charge in [-0.15, -0.1) is 0 Å². The van der Waals surface area contributed by atoms with Crippen LogP contribution in [0.15, 0.2) is 231 Å². The van der Waals surface area contributed by atoms with E-state index in [2.05, 4.69) is 240 Å². The van der Waals surface area contributed by atoms with E-state index in [1.54, 1.807) is 0 Å². The van der Waals surface area contributed by atoms with E-state index < -0.39 is 0 Å². The first kappa shape index (κ1) is 33.6. The molecule has 58 heavy (non-hydrogen) atoms. The fourth-order valence-electron chi connectivity index (χ4n) is 8.62. The van der Waals surface area contributed by atoms with Gasteiger partial charge in [0.25, 0.3) is 0 Å². The maximum absolute atomic E-state index is 2.37. The first-order valence-electron chi connectivity index (χ1n) is 19.9. The fourth-order valence-corrected chi connectivity index (χ4v) is 8.62. The van der Waals surface area contributed by atoms with Crippen LogP contribution in [0.25, 0.3) is 82.4 Å². The Balaban J connectivity index is 0.971. The molecule has 0 radical (unpaired) electrons. The van der Waals surface area contributed by atoms with E-state index in [9.17, 15) is 0 Å². The van der Waals surface area contributed by atoms with E-state index in [0.717, 1.165) is 22.7 Å². The Hall–Kier alpha value is -7.68. The van der Waals surface area contributed by atoms with Crippen molar-refractivity contribution in [1.82, 2.24) is 4.57 Å². The standard InChI is InChI=1S/C56H38N2/c1-3-12-43-37-47(22-20-39(43)10-1)42-26-30-50(31-27-42)57(51-32-34-52(35-33-51)58-55-18-7-5-16-53(55)54-17-6-8-19-56(54)58)49-28-24-41(25-29-49)45-14-9-15-46(36-45)48-23-21-40-11-2-4-13-44(40)38-48/h1-38H. The van der Waals surface area contributed by atoms with E-state index in [0.29, 0.717) is 0 Å². The molecule has 0 amide bonds. The molecule has 10 aromatic carbocycles. The van der Waals surface area contributed by atoms with Gasteiger partial charge in [-0.3, -0.25) is 0 Å². The van der Waals surface area contributed by atoms with Gasteiger partial charge in [0.1, 0.15) is 0 Å². The number of rotatable bonds is 7. The van der Waals surface area contributed by atoms with Crippen LogP contribution in [-0.2, 0) is 0 Å². The van der Waals surface area contributed by atoms with Gasteiger partial charge in [0.2, 0.25) is 0 Å². The minimum absolute atomic E-state index is 1.09. The lowest BCUT2D eigenvalue weighted by molar-refractivity contribution is 1.17. The van der Waals surface area contributed by atoms with Gasteiger partial charge in [0.15, 0.2) is 0 Å². The Morgan fingerprint density at radius 3 is 1.16 bits per heavy atom. The van der Waals surface area contributed by atoms with Crippen LogP contribution in [0, 0.1) is 0 Å². The summed E-state index contributed by atoms with van der Waals surface area (Å²) in [4.78, 5) is 2.36. The summed E-state index contributed by atoms with van der Waals surface area (Å²) in [7, 11) is 0. The predicted octanol–water partition coefficient (Wildman–Crippen LogP) is 15.6. The summed E-state index contributed by atoms with van der Waals surface area (Å²) in [5.74, 6) is 0. The lowest BCUT2D eigenvalue weighted by Crippen LogP contribution is -2.10. The second-order valence-corrected chi connectivity index (χ2v) is 15.0. The van der Waals surface area contributed by atoms with Crippen molar-refractivity contribution < 1.29 is 0 Å². The topological polar surface area (TPSA) is 8.17 Å². The summed E-state index contributed by atoms with van der Waals surface area (Å²) < 4.78 is 2.37. The molecule has 272 valence electrons. The summed E-state index contributed by atoms with van der Waals surface area (Å²) in [6.45, 7) is 0. The molecule has 0 aliphatic heterocycles. The zero-order chi connectivity index (χ0) is 38.4. The van der Waals surface area contributed by atoms with Crippen LogP contribution in [-0.4, -0.2) is 4.57 Å². The van der Waals surface area contributed by atoms with Gasteiger partial charge in [-0.2, -0.15) is 0 Å². The number of aromatic nitrogens is 1. The van der Waals surface area contributed by atoms with Crippen molar-refractivity contribution in [3.8, 4) is 39.1 Å². The van der Waals surface area contributed by atoms with E-state index >= 15 is 0 Å². The molecular formula is C56H38N2. The van der Waals surface area contributed by atoms with Gasteiger partial charge < -0.3 is 9.47 Å². The Bertz CT molecular complexity index is 3210. The average Bonchev–Trinajstić information content (AvgIpc) is 3.64. The van der Waals surface area contributed by atoms with Crippen LogP contribution < -0.4 is 4.90 Å². The summed E-state index contributed by atoms with van der Waals surface area (Å²) in [5, 5.41) is 7.53. The molecule has 1 aromatic heterocycles. The highest BCUT2D eigenvalue weighted by Gasteiger charge is 2.16. The van der Waals surface area contributed by atoms with Crippen molar-refractivity contribution in [2.75, 3.05) is 4.90 Å². The first-order chi connectivity index (χ1) is 28.7. The Kier molecular flexibility index (Phi) is 8.19. The molecule has 0 unspecified atom stereocenters. The molecule has 11 aromatic rings. The van der Waals surface area contributed by atoms with Gasteiger partial charge in [-0.05, 0) is 134 Å². The minimum atomic E-state index is 1.09. The normalized spacial score (nSPS) is 11.4. The highest BCUT2D eigenvalue weighted by Crippen LogP contribution is 2.39. The van der Waals surface area contributed by atoms with Gasteiger partial charge in [0, 0.05) is 33.5 Å². The van der Waals surface area contributed by atoms with E-state index in [-0.39, 0.29) is 0 Å². The van der Waals surface area contributed by atoms with Crippen molar-refractivity contribution in [3.63, 3.8) is 0 Å². The highest BCUT2D eigenvalue weighted by molar-refractivity contribution is 6.09. The molecule has 2 nitrogen and oxygen atoms in total. The Labute approximate surface area is 338 Å². The van der Waals surface area contributed by atoms with E-state index in [1.165, 1.54) is 76.7 Å². The lowest BCUT2D eigenvalue weighted by Gasteiger charge is -2.26. The summed E-state index contributed by atoms with van der Waals surface area (Å²) in [6.07, 6.45) is 0. The van der Waals surface area contributed by atoms with Crippen molar-refractivity contribution >= 4 is 60.4 Å². The quantitative estimate of drug-likeness (QED) is 0.158. The summed E-state index contributed by atoms with van der Waals surface area (Å²) in [5.41, 5.74) is 14.0. The van der Waals surface area contributed by atoms with Gasteiger partial charge >= 0.3 is 0 Å². The Morgan fingerprint density at radius 2 is 0.638 bits per heavy atom. The molecule has 0 aliphatic rings. The van der Waals surface area contributed by atoms with Crippen LogP contribution in [0.5, 0.6) is 0 Å². The third-order valence-electron chi connectivity index (χ3n) is 11.6. The molecule has 0 bridgehead atoms. The van der Waals surface area contributed by atoms with E-state index in [1.807, 2.05) is 0 Å². The van der Waals surface area contributed by atoms with Gasteiger partial charge in [-0.25, -0.2) is 0 Å². The first-order valence-corrected chi connectivity index (χ1v) is 19.9. The lowest BCUT2D eigenvalue weighted by atomic mass is 9.97. The molecule has 0 saturated carbocycles. The second kappa shape index (κ2) is 14.1. The average molecular weight is 739 g/mol. The minimum Gasteiger partial charge on any atom is -0.311 e. The van der Waals surface area contributed by atoms with Crippen LogP contribution >= 0.6 is 0 Å². The molecule has 2 heteroatoms. The number of para-hydroxylation sites is 2. The summed E-state index contributed by atoms with van der Waals surface area (Å²) in [6, 6.07) is 83.7. The maximum atomic E-state index is 2.37.